The standard InChI is InChI=1S/C4H4N4O2/c5-4(10)7-2-1-6-8-3(2)9/h1H,(H3,5,7,8,9,10). The van der Waals surface area contributed by atoms with Crippen LogP contribution in [0.25, 0.3) is 0 Å². The van der Waals surface area contributed by atoms with E-state index in [2.05, 4.69) is 21.3 Å². The van der Waals surface area contributed by atoms with Crippen molar-refractivity contribution < 1.29 is 9.59 Å². The molecule has 0 unspecified atom stereocenters. The lowest BCUT2D eigenvalue weighted by atomic mass is 10.4. The minimum absolute atomic E-state index is 0.0625. The lowest BCUT2D eigenvalue weighted by molar-refractivity contribution is -0.114. The Balaban J connectivity index is 2.82. The summed E-state index contributed by atoms with van der Waals surface area (Å²) in [6.07, 6.45) is 1.13. The summed E-state index contributed by atoms with van der Waals surface area (Å²) in [4.78, 5) is 23.8. The number of carbonyl (C=O) groups excluding carboxylic acids is 2. The highest BCUT2D eigenvalue weighted by molar-refractivity contribution is 6.63. The molecular formula is C4H4N4O2. The highest BCUT2D eigenvalue weighted by Gasteiger charge is 2.14. The van der Waals surface area contributed by atoms with Crippen LogP contribution in [0.2, 0.25) is 0 Å². The average molecular weight is 140 g/mol. The number of amides is 3. The first-order valence-electron chi connectivity index (χ1n) is 2.41. The normalized spacial score (nSPS) is 19.6. The van der Waals surface area contributed by atoms with Gasteiger partial charge in [0.05, 0.1) is 6.21 Å². The molecule has 10 heavy (non-hydrogen) atoms. The van der Waals surface area contributed by atoms with Crippen LogP contribution in [0.4, 0.5) is 4.79 Å². The highest BCUT2D eigenvalue weighted by Crippen LogP contribution is 1.83. The van der Waals surface area contributed by atoms with Gasteiger partial charge in [-0.2, -0.15) is 10.1 Å². The first-order valence-corrected chi connectivity index (χ1v) is 2.41. The van der Waals surface area contributed by atoms with Crippen molar-refractivity contribution in [2.75, 3.05) is 0 Å². The molecule has 0 aromatic rings. The lowest BCUT2D eigenvalue weighted by Crippen LogP contribution is -2.22. The van der Waals surface area contributed by atoms with Crippen LogP contribution in [0.1, 0.15) is 0 Å². The molecule has 3 N–H and O–H groups in total. The van der Waals surface area contributed by atoms with Crippen molar-refractivity contribution in [3.8, 4) is 0 Å². The van der Waals surface area contributed by atoms with E-state index in [0.29, 0.717) is 0 Å². The van der Waals surface area contributed by atoms with Crippen LogP contribution in [0, 0.1) is 0 Å². The second-order valence-electron chi connectivity index (χ2n) is 1.53. The van der Waals surface area contributed by atoms with Gasteiger partial charge in [0.1, 0.15) is 0 Å². The Kier molecular flexibility index (Phi) is 1.44. The zero-order valence-electron chi connectivity index (χ0n) is 4.87. The third kappa shape index (κ3) is 1.16. The molecule has 0 fully saturated rings. The van der Waals surface area contributed by atoms with Gasteiger partial charge in [-0.25, -0.2) is 10.2 Å². The van der Waals surface area contributed by atoms with Gasteiger partial charge in [-0.05, 0) is 0 Å². The van der Waals surface area contributed by atoms with Gasteiger partial charge in [-0.3, -0.25) is 4.79 Å². The van der Waals surface area contributed by atoms with Gasteiger partial charge >= 0.3 is 6.03 Å². The van der Waals surface area contributed by atoms with E-state index in [1.54, 1.807) is 0 Å². The molecule has 1 heterocycles. The van der Waals surface area contributed by atoms with Crippen molar-refractivity contribution in [2.45, 2.75) is 0 Å². The monoisotopic (exact) mass is 140 g/mol. The molecule has 0 aromatic heterocycles. The molecule has 0 saturated heterocycles. The molecule has 1 aliphatic rings. The molecular weight excluding hydrogens is 136 g/mol. The van der Waals surface area contributed by atoms with Gasteiger partial charge in [0.25, 0.3) is 5.91 Å². The number of hydrogen-bond donors (Lipinski definition) is 2. The van der Waals surface area contributed by atoms with Crippen molar-refractivity contribution in [3.05, 3.63) is 0 Å². The first-order chi connectivity index (χ1) is 4.70. The fourth-order valence-corrected chi connectivity index (χ4v) is 0.466. The quantitative estimate of drug-likeness (QED) is 0.433. The Morgan fingerprint density at radius 1 is 1.80 bits per heavy atom. The third-order valence-corrected chi connectivity index (χ3v) is 0.816. The van der Waals surface area contributed by atoms with Crippen molar-refractivity contribution in [1.82, 2.24) is 5.43 Å². The van der Waals surface area contributed by atoms with E-state index in [-0.39, 0.29) is 5.71 Å². The number of hydrogen-bond acceptors (Lipinski definition) is 3. The number of hydrazone groups is 1. The van der Waals surface area contributed by atoms with Gasteiger partial charge in [0.2, 0.25) is 0 Å². The van der Waals surface area contributed by atoms with Crippen molar-refractivity contribution in [1.29, 1.82) is 0 Å². The second kappa shape index (κ2) is 2.26. The predicted molar refractivity (Wildman–Crippen MR) is 33.7 cm³/mol. The minimum atomic E-state index is -0.904. The zero-order chi connectivity index (χ0) is 7.56. The fourth-order valence-electron chi connectivity index (χ4n) is 0.466. The van der Waals surface area contributed by atoms with E-state index in [1.165, 1.54) is 0 Å². The number of nitrogens with one attached hydrogen (secondary N) is 1. The summed E-state index contributed by atoms with van der Waals surface area (Å²) in [7, 11) is 0. The molecule has 0 spiro atoms. The maximum Gasteiger partial charge on any atom is 0.339 e. The summed E-state index contributed by atoms with van der Waals surface area (Å²) in [6.45, 7) is 0. The number of primary amides is 1. The van der Waals surface area contributed by atoms with E-state index < -0.39 is 11.9 Å². The molecule has 6 heteroatoms. The van der Waals surface area contributed by atoms with Crippen LogP contribution in [0.5, 0.6) is 0 Å². The van der Waals surface area contributed by atoms with Crippen LogP contribution in [0.15, 0.2) is 10.1 Å². The summed E-state index contributed by atoms with van der Waals surface area (Å²) >= 11 is 0. The maximum atomic E-state index is 10.5. The van der Waals surface area contributed by atoms with E-state index in [0.717, 1.165) is 6.21 Å². The maximum absolute atomic E-state index is 10.5. The molecule has 1 rings (SSSR count). The average Bonchev–Trinajstić information content (AvgIpc) is 2.15. The van der Waals surface area contributed by atoms with Gasteiger partial charge < -0.3 is 5.73 Å². The molecule has 0 aliphatic carbocycles. The van der Waals surface area contributed by atoms with Gasteiger partial charge in [-0.15, -0.1) is 0 Å². The Hall–Kier alpha value is -1.72. The van der Waals surface area contributed by atoms with Crippen molar-refractivity contribution in [3.63, 3.8) is 0 Å². The number of nitrogens with zero attached hydrogens (tertiary/aromatic N) is 2. The van der Waals surface area contributed by atoms with E-state index in [9.17, 15) is 9.59 Å². The lowest BCUT2D eigenvalue weighted by Gasteiger charge is -1.85. The zero-order valence-corrected chi connectivity index (χ0v) is 4.87. The molecule has 52 valence electrons. The third-order valence-electron chi connectivity index (χ3n) is 0.816. The van der Waals surface area contributed by atoms with Crippen LogP contribution >= 0.6 is 0 Å². The molecule has 0 bridgehead atoms. The van der Waals surface area contributed by atoms with Gasteiger partial charge in [-0.1, -0.05) is 0 Å². The summed E-state index contributed by atoms with van der Waals surface area (Å²) in [5.74, 6) is -0.515. The summed E-state index contributed by atoms with van der Waals surface area (Å²) in [6, 6.07) is -0.904. The van der Waals surface area contributed by atoms with Crippen LogP contribution in [-0.4, -0.2) is 23.9 Å². The number of nitrogens with two attached hydrogens (primary N) is 1. The predicted octanol–water partition coefficient (Wildman–Crippen LogP) is -1.38. The SMILES string of the molecule is NC(=O)N=C1C=NNC1=O. The summed E-state index contributed by atoms with van der Waals surface area (Å²) < 4.78 is 0. The van der Waals surface area contributed by atoms with Crippen LogP contribution in [0.3, 0.4) is 0 Å². The van der Waals surface area contributed by atoms with Crippen LogP contribution < -0.4 is 11.2 Å². The highest BCUT2D eigenvalue weighted by atomic mass is 16.2. The molecule has 0 atom stereocenters. The summed E-state index contributed by atoms with van der Waals surface area (Å²) in [5, 5.41) is 3.34. The van der Waals surface area contributed by atoms with Gasteiger partial charge in [0.15, 0.2) is 5.71 Å². The fraction of sp³-hybridized carbons (Fsp3) is 0. The Bertz CT molecular complexity index is 242. The molecule has 3 amide bonds. The van der Waals surface area contributed by atoms with E-state index in [4.69, 9.17) is 0 Å². The molecule has 0 saturated carbocycles. The Morgan fingerprint density at radius 3 is 2.90 bits per heavy atom. The van der Waals surface area contributed by atoms with Crippen molar-refractivity contribution in [2.24, 2.45) is 15.8 Å². The topological polar surface area (TPSA) is 96.9 Å². The molecule has 0 radical (unpaired) electrons. The first kappa shape index (κ1) is 6.40. The number of aliphatic imine (C=N–C) groups is 1. The minimum Gasteiger partial charge on any atom is -0.350 e. The Morgan fingerprint density at radius 2 is 2.50 bits per heavy atom. The number of rotatable bonds is 0. The number of carbonyl (C=O) groups is 2. The van der Waals surface area contributed by atoms with E-state index >= 15 is 0 Å². The molecule has 6 nitrogen and oxygen atoms in total. The summed E-state index contributed by atoms with van der Waals surface area (Å²) in [5.41, 5.74) is 6.67. The number of urea groups is 1. The van der Waals surface area contributed by atoms with Crippen LogP contribution in [-0.2, 0) is 4.79 Å². The molecule has 0 aromatic carbocycles. The molecule has 1 aliphatic heterocycles. The van der Waals surface area contributed by atoms with Crippen molar-refractivity contribution >= 4 is 23.9 Å². The second-order valence-corrected chi connectivity index (χ2v) is 1.53. The van der Waals surface area contributed by atoms with E-state index in [1.807, 2.05) is 0 Å². The largest absolute Gasteiger partial charge is 0.350 e. The smallest absolute Gasteiger partial charge is 0.339 e. The van der Waals surface area contributed by atoms with Gasteiger partial charge in [0, 0.05) is 0 Å². The Labute approximate surface area is 55.8 Å².